The summed E-state index contributed by atoms with van der Waals surface area (Å²) in [7, 11) is 0. The molecule has 0 aromatic heterocycles. The van der Waals surface area contributed by atoms with Gasteiger partial charge < -0.3 is 10.6 Å². The summed E-state index contributed by atoms with van der Waals surface area (Å²) < 4.78 is 13.3. The van der Waals surface area contributed by atoms with E-state index >= 15 is 0 Å². The fourth-order valence-electron chi connectivity index (χ4n) is 1.48. The summed E-state index contributed by atoms with van der Waals surface area (Å²) in [5, 5.41) is 5.88. The lowest BCUT2D eigenvalue weighted by molar-refractivity contribution is -0.116. The van der Waals surface area contributed by atoms with Crippen molar-refractivity contribution in [3.8, 4) is 0 Å². The zero-order valence-electron chi connectivity index (χ0n) is 9.89. The zero-order chi connectivity index (χ0) is 12.8. The van der Waals surface area contributed by atoms with Gasteiger partial charge in [0.25, 0.3) is 0 Å². The van der Waals surface area contributed by atoms with Gasteiger partial charge in [-0.1, -0.05) is 6.92 Å². The van der Waals surface area contributed by atoms with Crippen LogP contribution in [0.4, 0.5) is 10.1 Å². The van der Waals surface area contributed by atoms with Gasteiger partial charge in [0.2, 0.25) is 5.91 Å². The molecule has 0 aliphatic carbocycles. The second-order valence-electron chi connectivity index (χ2n) is 3.84. The summed E-state index contributed by atoms with van der Waals surface area (Å²) in [5.74, 6) is -0.430. The standard InChI is InChI=1S/C12H16BrFN2O/c1-3-15-8(2)6-12(17)16-9-4-5-11(14)10(13)7-9/h4-5,7-8,15H,3,6H2,1-2H3,(H,16,17). The number of anilines is 1. The molecule has 0 saturated heterocycles. The Morgan fingerprint density at radius 2 is 2.24 bits per heavy atom. The van der Waals surface area contributed by atoms with Crippen molar-refractivity contribution in [2.24, 2.45) is 0 Å². The fourth-order valence-corrected chi connectivity index (χ4v) is 1.86. The first-order valence-corrected chi connectivity index (χ1v) is 6.30. The van der Waals surface area contributed by atoms with Gasteiger partial charge in [0.15, 0.2) is 0 Å². The van der Waals surface area contributed by atoms with Crippen molar-refractivity contribution in [2.75, 3.05) is 11.9 Å². The molecule has 3 nitrogen and oxygen atoms in total. The third-order valence-corrected chi connectivity index (χ3v) is 2.86. The maximum absolute atomic E-state index is 13.0. The van der Waals surface area contributed by atoms with E-state index in [-0.39, 0.29) is 17.8 Å². The molecule has 0 radical (unpaired) electrons. The molecule has 0 aliphatic rings. The second-order valence-corrected chi connectivity index (χ2v) is 4.69. The molecule has 0 fully saturated rings. The highest BCUT2D eigenvalue weighted by Gasteiger charge is 2.09. The van der Waals surface area contributed by atoms with Gasteiger partial charge in [-0.15, -0.1) is 0 Å². The number of halogens is 2. The molecule has 1 aromatic carbocycles. The van der Waals surface area contributed by atoms with Crippen LogP contribution in [0.2, 0.25) is 0 Å². The van der Waals surface area contributed by atoms with Crippen LogP contribution in [-0.4, -0.2) is 18.5 Å². The van der Waals surface area contributed by atoms with Crippen molar-refractivity contribution in [3.05, 3.63) is 28.5 Å². The first-order chi connectivity index (χ1) is 8.02. The molecule has 5 heteroatoms. The van der Waals surface area contributed by atoms with Crippen molar-refractivity contribution in [1.29, 1.82) is 0 Å². The molecule has 1 rings (SSSR count). The predicted molar refractivity (Wildman–Crippen MR) is 70.5 cm³/mol. The van der Waals surface area contributed by atoms with Crippen LogP contribution in [0.5, 0.6) is 0 Å². The number of carbonyl (C=O) groups excluding carboxylic acids is 1. The van der Waals surface area contributed by atoms with Gasteiger partial charge in [0.1, 0.15) is 5.82 Å². The van der Waals surface area contributed by atoms with Crippen LogP contribution in [0.25, 0.3) is 0 Å². The molecule has 1 atom stereocenters. The molecule has 0 aliphatic heterocycles. The van der Waals surface area contributed by atoms with Gasteiger partial charge in [-0.2, -0.15) is 0 Å². The molecule has 17 heavy (non-hydrogen) atoms. The average Bonchev–Trinajstić information content (AvgIpc) is 2.23. The van der Waals surface area contributed by atoms with Crippen LogP contribution in [0.1, 0.15) is 20.3 Å². The molecule has 94 valence electrons. The molecule has 0 heterocycles. The van der Waals surface area contributed by atoms with Crippen LogP contribution < -0.4 is 10.6 Å². The van der Waals surface area contributed by atoms with Crippen molar-refractivity contribution in [2.45, 2.75) is 26.3 Å². The van der Waals surface area contributed by atoms with Gasteiger partial charge >= 0.3 is 0 Å². The number of carbonyl (C=O) groups is 1. The summed E-state index contributed by atoms with van der Waals surface area (Å²) in [4.78, 5) is 11.6. The minimum Gasteiger partial charge on any atom is -0.326 e. The molecule has 1 amide bonds. The van der Waals surface area contributed by atoms with E-state index in [1.807, 2.05) is 13.8 Å². The molecular weight excluding hydrogens is 287 g/mol. The van der Waals surface area contributed by atoms with Crippen molar-refractivity contribution < 1.29 is 9.18 Å². The minimum absolute atomic E-state index is 0.0861. The lowest BCUT2D eigenvalue weighted by atomic mass is 10.2. The highest BCUT2D eigenvalue weighted by Crippen LogP contribution is 2.20. The van der Waals surface area contributed by atoms with Crippen LogP contribution in [0.15, 0.2) is 22.7 Å². The Morgan fingerprint density at radius 3 is 2.82 bits per heavy atom. The van der Waals surface area contributed by atoms with E-state index < -0.39 is 0 Å². The number of rotatable bonds is 5. The van der Waals surface area contributed by atoms with Gasteiger partial charge in [-0.3, -0.25) is 4.79 Å². The van der Waals surface area contributed by atoms with E-state index in [0.717, 1.165) is 6.54 Å². The first kappa shape index (κ1) is 14.1. The fraction of sp³-hybridized carbons (Fsp3) is 0.417. The number of hydrogen-bond donors (Lipinski definition) is 2. The number of benzene rings is 1. The normalized spacial score (nSPS) is 12.2. The van der Waals surface area contributed by atoms with Crippen molar-refractivity contribution >= 4 is 27.5 Å². The number of nitrogens with one attached hydrogen (secondary N) is 2. The topological polar surface area (TPSA) is 41.1 Å². The van der Waals surface area contributed by atoms with E-state index in [1.165, 1.54) is 12.1 Å². The maximum atomic E-state index is 13.0. The Labute approximate surface area is 109 Å². The lowest BCUT2D eigenvalue weighted by Gasteiger charge is -2.12. The summed E-state index contributed by atoms with van der Waals surface area (Å²) >= 11 is 3.07. The molecule has 0 spiro atoms. The second kappa shape index (κ2) is 6.71. The van der Waals surface area contributed by atoms with E-state index in [2.05, 4.69) is 26.6 Å². The highest BCUT2D eigenvalue weighted by atomic mass is 79.9. The first-order valence-electron chi connectivity index (χ1n) is 5.51. The Hall–Kier alpha value is -0.940. The number of hydrogen-bond acceptors (Lipinski definition) is 2. The maximum Gasteiger partial charge on any atom is 0.225 e. The van der Waals surface area contributed by atoms with E-state index in [0.29, 0.717) is 16.6 Å². The molecular formula is C12H16BrFN2O. The van der Waals surface area contributed by atoms with Crippen LogP contribution in [0, 0.1) is 5.82 Å². The van der Waals surface area contributed by atoms with Gasteiger partial charge in [0.05, 0.1) is 4.47 Å². The van der Waals surface area contributed by atoms with E-state index in [1.54, 1.807) is 6.07 Å². The van der Waals surface area contributed by atoms with E-state index in [4.69, 9.17) is 0 Å². The summed E-state index contributed by atoms with van der Waals surface area (Å²) in [6.45, 7) is 4.77. The Kier molecular flexibility index (Phi) is 5.58. The molecule has 1 aromatic rings. The number of amides is 1. The summed E-state index contributed by atoms with van der Waals surface area (Å²) in [6, 6.07) is 4.53. The van der Waals surface area contributed by atoms with Crippen LogP contribution >= 0.6 is 15.9 Å². The third-order valence-electron chi connectivity index (χ3n) is 2.25. The molecule has 0 bridgehead atoms. The summed E-state index contributed by atoms with van der Waals surface area (Å²) in [6.07, 6.45) is 0.392. The third kappa shape index (κ3) is 4.83. The van der Waals surface area contributed by atoms with Gasteiger partial charge in [-0.05, 0) is 47.6 Å². The SMILES string of the molecule is CCNC(C)CC(=O)Nc1ccc(F)c(Br)c1. The van der Waals surface area contributed by atoms with Gasteiger partial charge in [-0.25, -0.2) is 4.39 Å². The van der Waals surface area contributed by atoms with Gasteiger partial charge in [0, 0.05) is 18.2 Å². The van der Waals surface area contributed by atoms with Crippen molar-refractivity contribution in [3.63, 3.8) is 0 Å². The monoisotopic (exact) mass is 302 g/mol. The van der Waals surface area contributed by atoms with Crippen LogP contribution in [-0.2, 0) is 4.79 Å². The Balaban J connectivity index is 2.53. The smallest absolute Gasteiger partial charge is 0.225 e. The Morgan fingerprint density at radius 1 is 1.53 bits per heavy atom. The zero-order valence-corrected chi connectivity index (χ0v) is 11.5. The van der Waals surface area contributed by atoms with Crippen molar-refractivity contribution in [1.82, 2.24) is 5.32 Å². The van der Waals surface area contributed by atoms with E-state index in [9.17, 15) is 9.18 Å². The summed E-state index contributed by atoms with van der Waals surface area (Å²) in [5.41, 5.74) is 0.590. The molecule has 0 saturated carbocycles. The largest absolute Gasteiger partial charge is 0.326 e. The quantitative estimate of drug-likeness (QED) is 0.878. The highest BCUT2D eigenvalue weighted by molar-refractivity contribution is 9.10. The molecule has 2 N–H and O–H groups in total. The van der Waals surface area contributed by atoms with Crippen LogP contribution in [0.3, 0.4) is 0 Å². The molecule has 1 unspecified atom stereocenters. The average molecular weight is 303 g/mol. The predicted octanol–water partition coefficient (Wildman–Crippen LogP) is 2.91. The lowest BCUT2D eigenvalue weighted by Crippen LogP contribution is -2.30. The Bertz CT molecular complexity index is 398. The minimum atomic E-state index is -0.344.